The van der Waals surface area contributed by atoms with Gasteiger partial charge in [0.25, 0.3) is 0 Å². The van der Waals surface area contributed by atoms with E-state index in [9.17, 15) is 9.18 Å². The number of aromatic amines is 1. The fraction of sp³-hybridized carbons (Fsp3) is 0.111. The molecule has 0 bridgehead atoms. The number of halogens is 1. The molecule has 0 saturated carbocycles. The molecule has 1 aromatic carbocycles. The molecule has 13 heavy (non-hydrogen) atoms. The molecule has 0 aliphatic rings. The Balaban J connectivity index is 2.89. The summed E-state index contributed by atoms with van der Waals surface area (Å²) < 4.78 is 12.9. The van der Waals surface area contributed by atoms with Gasteiger partial charge < -0.3 is 0 Å². The van der Waals surface area contributed by atoms with Crippen molar-refractivity contribution in [1.29, 1.82) is 0 Å². The normalized spacial score (nSPS) is 10.6. The minimum atomic E-state index is -0.352. The van der Waals surface area contributed by atoms with Crippen LogP contribution in [0.15, 0.2) is 12.1 Å². The van der Waals surface area contributed by atoms with Crippen LogP contribution < -0.4 is 0 Å². The van der Waals surface area contributed by atoms with E-state index in [-0.39, 0.29) is 5.82 Å². The number of carbonyl (C=O) groups excluding carboxylic acids is 1. The summed E-state index contributed by atoms with van der Waals surface area (Å²) in [5.41, 5.74) is 1.68. The van der Waals surface area contributed by atoms with Gasteiger partial charge >= 0.3 is 0 Å². The van der Waals surface area contributed by atoms with Crippen LogP contribution in [0.4, 0.5) is 4.39 Å². The van der Waals surface area contributed by atoms with Crippen LogP contribution >= 0.6 is 0 Å². The van der Waals surface area contributed by atoms with E-state index >= 15 is 0 Å². The Kier molecular flexibility index (Phi) is 1.62. The van der Waals surface area contributed by atoms with Crippen molar-refractivity contribution < 1.29 is 9.18 Å². The van der Waals surface area contributed by atoms with Gasteiger partial charge in [0, 0.05) is 5.39 Å². The Hall–Kier alpha value is -1.71. The highest BCUT2D eigenvalue weighted by atomic mass is 19.1. The second-order valence-corrected chi connectivity index (χ2v) is 2.87. The van der Waals surface area contributed by atoms with Crippen LogP contribution in [-0.4, -0.2) is 16.5 Å². The second kappa shape index (κ2) is 2.65. The monoisotopic (exact) mass is 178 g/mol. The lowest BCUT2D eigenvalue weighted by atomic mass is 10.1. The van der Waals surface area contributed by atoms with Gasteiger partial charge in [0.1, 0.15) is 11.5 Å². The van der Waals surface area contributed by atoms with Crippen LogP contribution in [-0.2, 0) is 0 Å². The molecule has 4 heteroatoms. The van der Waals surface area contributed by atoms with Crippen LogP contribution in [0.1, 0.15) is 16.1 Å². The first-order chi connectivity index (χ1) is 6.22. The van der Waals surface area contributed by atoms with Gasteiger partial charge in [-0.15, -0.1) is 0 Å². The first-order valence-electron chi connectivity index (χ1n) is 3.82. The van der Waals surface area contributed by atoms with Gasteiger partial charge in [-0.05, 0) is 24.6 Å². The molecule has 3 nitrogen and oxygen atoms in total. The van der Waals surface area contributed by atoms with Gasteiger partial charge in [-0.3, -0.25) is 9.89 Å². The second-order valence-electron chi connectivity index (χ2n) is 2.87. The highest BCUT2D eigenvalue weighted by Crippen LogP contribution is 2.19. The van der Waals surface area contributed by atoms with Gasteiger partial charge in [0.05, 0.1) is 5.52 Å². The Morgan fingerprint density at radius 3 is 3.00 bits per heavy atom. The average Bonchev–Trinajstić information content (AvgIpc) is 2.47. The molecule has 0 atom stereocenters. The topological polar surface area (TPSA) is 45.8 Å². The molecule has 0 unspecified atom stereocenters. The van der Waals surface area contributed by atoms with Crippen molar-refractivity contribution in [2.24, 2.45) is 0 Å². The molecule has 1 heterocycles. The van der Waals surface area contributed by atoms with Gasteiger partial charge in [-0.25, -0.2) is 4.39 Å². The molecular formula is C9H7FN2O. The molecule has 0 aliphatic heterocycles. The van der Waals surface area contributed by atoms with E-state index in [1.54, 1.807) is 6.92 Å². The number of nitrogens with one attached hydrogen (secondary N) is 1. The number of hydrogen-bond acceptors (Lipinski definition) is 2. The zero-order valence-electron chi connectivity index (χ0n) is 6.97. The Morgan fingerprint density at radius 2 is 2.31 bits per heavy atom. The number of benzene rings is 1. The molecule has 66 valence electrons. The van der Waals surface area contributed by atoms with E-state index in [0.717, 1.165) is 5.56 Å². The zero-order chi connectivity index (χ0) is 9.42. The van der Waals surface area contributed by atoms with E-state index < -0.39 is 0 Å². The molecule has 2 aromatic rings. The third kappa shape index (κ3) is 1.11. The lowest BCUT2D eigenvalue weighted by molar-refractivity contribution is 0.112. The van der Waals surface area contributed by atoms with Crippen molar-refractivity contribution >= 4 is 17.2 Å². The summed E-state index contributed by atoms with van der Waals surface area (Å²) in [6.45, 7) is 1.75. The van der Waals surface area contributed by atoms with Gasteiger partial charge in [-0.2, -0.15) is 5.10 Å². The predicted molar refractivity (Wildman–Crippen MR) is 46.2 cm³/mol. The first kappa shape index (κ1) is 7.91. The fourth-order valence-corrected chi connectivity index (χ4v) is 1.36. The maximum Gasteiger partial charge on any atom is 0.168 e. The Bertz CT molecular complexity index is 476. The third-order valence-corrected chi connectivity index (χ3v) is 1.96. The number of aryl methyl sites for hydroxylation is 1. The van der Waals surface area contributed by atoms with Crippen LogP contribution in [0.2, 0.25) is 0 Å². The third-order valence-electron chi connectivity index (χ3n) is 1.96. The Labute approximate surface area is 73.6 Å². The van der Waals surface area contributed by atoms with Crippen LogP contribution in [0, 0.1) is 12.7 Å². The number of nitrogens with zero attached hydrogens (tertiary/aromatic N) is 1. The van der Waals surface area contributed by atoms with Gasteiger partial charge in [-0.1, -0.05) is 0 Å². The number of hydrogen-bond donors (Lipinski definition) is 1. The molecule has 0 spiro atoms. The van der Waals surface area contributed by atoms with Crippen molar-refractivity contribution in [3.63, 3.8) is 0 Å². The van der Waals surface area contributed by atoms with E-state index in [2.05, 4.69) is 10.2 Å². The number of fused-ring (bicyclic) bond motifs is 1. The van der Waals surface area contributed by atoms with Crippen LogP contribution in [0.5, 0.6) is 0 Å². The molecule has 0 saturated heterocycles. The van der Waals surface area contributed by atoms with Crippen LogP contribution in [0.25, 0.3) is 10.9 Å². The van der Waals surface area contributed by atoms with Crippen molar-refractivity contribution in [2.75, 3.05) is 0 Å². The van der Waals surface area contributed by atoms with Gasteiger partial charge in [0.2, 0.25) is 0 Å². The van der Waals surface area contributed by atoms with E-state index in [1.807, 2.05) is 0 Å². The maximum absolute atomic E-state index is 12.9. The first-order valence-corrected chi connectivity index (χ1v) is 3.82. The SMILES string of the molecule is Cc1cc(F)cc2c(C=O)[nH]nc12. The predicted octanol–water partition coefficient (Wildman–Crippen LogP) is 1.82. The molecule has 2 rings (SSSR count). The van der Waals surface area contributed by atoms with E-state index in [0.29, 0.717) is 22.9 Å². The minimum absolute atomic E-state index is 0.317. The zero-order valence-corrected chi connectivity index (χ0v) is 6.97. The number of aldehydes is 1. The maximum atomic E-state index is 12.9. The molecule has 1 aromatic heterocycles. The fourth-order valence-electron chi connectivity index (χ4n) is 1.36. The summed E-state index contributed by atoms with van der Waals surface area (Å²) in [6, 6.07) is 2.69. The number of carbonyl (C=O) groups is 1. The lowest BCUT2D eigenvalue weighted by Gasteiger charge is -1.94. The van der Waals surface area contributed by atoms with Crippen LogP contribution in [0.3, 0.4) is 0 Å². The highest BCUT2D eigenvalue weighted by molar-refractivity contribution is 5.96. The van der Waals surface area contributed by atoms with E-state index in [1.165, 1.54) is 12.1 Å². The number of H-pyrrole nitrogens is 1. The van der Waals surface area contributed by atoms with E-state index in [4.69, 9.17) is 0 Å². The summed E-state index contributed by atoms with van der Waals surface area (Å²) in [5, 5.41) is 6.99. The summed E-state index contributed by atoms with van der Waals surface area (Å²) in [6.07, 6.45) is 0.633. The minimum Gasteiger partial charge on any atom is -0.296 e. The summed E-state index contributed by atoms with van der Waals surface area (Å²) in [7, 11) is 0. The molecule has 0 fully saturated rings. The number of rotatable bonds is 1. The summed E-state index contributed by atoms with van der Waals surface area (Å²) in [4.78, 5) is 10.5. The van der Waals surface area contributed by atoms with Crippen molar-refractivity contribution in [3.8, 4) is 0 Å². The summed E-state index contributed by atoms with van der Waals surface area (Å²) >= 11 is 0. The Morgan fingerprint density at radius 1 is 1.54 bits per heavy atom. The highest BCUT2D eigenvalue weighted by Gasteiger charge is 2.07. The molecule has 0 radical (unpaired) electrons. The largest absolute Gasteiger partial charge is 0.296 e. The molecule has 0 aliphatic carbocycles. The quantitative estimate of drug-likeness (QED) is 0.677. The molecule has 1 N–H and O–H groups in total. The van der Waals surface area contributed by atoms with Crippen molar-refractivity contribution in [3.05, 3.63) is 29.2 Å². The van der Waals surface area contributed by atoms with Crippen molar-refractivity contribution in [2.45, 2.75) is 6.92 Å². The lowest BCUT2D eigenvalue weighted by Crippen LogP contribution is -1.82. The molecule has 0 amide bonds. The summed E-state index contributed by atoms with van der Waals surface area (Å²) in [5.74, 6) is -0.352. The van der Waals surface area contributed by atoms with Gasteiger partial charge in [0.15, 0.2) is 6.29 Å². The number of aromatic nitrogens is 2. The average molecular weight is 178 g/mol. The molecular weight excluding hydrogens is 171 g/mol. The standard InChI is InChI=1S/C9H7FN2O/c1-5-2-6(10)3-7-8(4-13)11-12-9(5)7/h2-4H,1H3,(H,11,12). The smallest absolute Gasteiger partial charge is 0.168 e. The van der Waals surface area contributed by atoms with Crippen molar-refractivity contribution in [1.82, 2.24) is 10.2 Å².